The molecule has 0 aliphatic carbocycles. The van der Waals surface area contributed by atoms with Crippen LogP contribution in [0.3, 0.4) is 0 Å². The molecule has 5 heteroatoms. The van der Waals surface area contributed by atoms with E-state index in [0.717, 1.165) is 12.1 Å². The number of carbonyl (C=O) groups is 1. The lowest BCUT2D eigenvalue weighted by Gasteiger charge is -2.40. The van der Waals surface area contributed by atoms with E-state index in [1.165, 1.54) is 0 Å². The second-order valence-corrected chi connectivity index (χ2v) is 4.29. The van der Waals surface area contributed by atoms with E-state index in [1.807, 2.05) is 24.0 Å². The Bertz CT molecular complexity index is 382. The van der Waals surface area contributed by atoms with E-state index >= 15 is 0 Å². The summed E-state index contributed by atoms with van der Waals surface area (Å²) in [6.07, 6.45) is 3.89. The first-order valence-electron chi connectivity index (χ1n) is 5.61. The predicted octanol–water partition coefficient (Wildman–Crippen LogP) is 0.980. The van der Waals surface area contributed by atoms with Crippen molar-refractivity contribution in [3.8, 4) is 0 Å². The molecule has 0 radical (unpaired) electrons. The van der Waals surface area contributed by atoms with Gasteiger partial charge in [-0.2, -0.15) is 5.10 Å². The zero-order valence-electron chi connectivity index (χ0n) is 9.63. The Hall–Kier alpha value is -1.36. The highest BCUT2D eigenvalue weighted by atomic mass is 16.4. The van der Waals surface area contributed by atoms with Gasteiger partial charge in [0.25, 0.3) is 0 Å². The summed E-state index contributed by atoms with van der Waals surface area (Å²) in [4.78, 5) is 12.9. The van der Waals surface area contributed by atoms with Gasteiger partial charge in [0.05, 0.1) is 12.1 Å². The average Bonchev–Trinajstić information content (AvgIpc) is 2.62. The third kappa shape index (κ3) is 1.95. The zero-order valence-corrected chi connectivity index (χ0v) is 9.63. The van der Waals surface area contributed by atoms with Gasteiger partial charge in [-0.25, -0.2) is 0 Å². The molecule has 1 N–H and O–H groups in total. The minimum Gasteiger partial charge on any atom is -0.481 e. The second-order valence-electron chi connectivity index (χ2n) is 4.29. The Morgan fingerprint density at radius 2 is 2.38 bits per heavy atom. The third-order valence-electron chi connectivity index (χ3n) is 3.27. The minimum atomic E-state index is -0.687. The van der Waals surface area contributed by atoms with E-state index in [9.17, 15) is 4.79 Å². The van der Waals surface area contributed by atoms with Crippen molar-refractivity contribution in [3.63, 3.8) is 0 Å². The number of aliphatic carboxylic acids is 1. The molecule has 1 saturated heterocycles. The van der Waals surface area contributed by atoms with Gasteiger partial charge in [0, 0.05) is 37.4 Å². The van der Waals surface area contributed by atoms with Gasteiger partial charge in [-0.05, 0) is 13.8 Å². The summed E-state index contributed by atoms with van der Waals surface area (Å²) in [7, 11) is 0. The van der Waals surface area contributed by atoms with Gasteiger partial charge in [0.1, 0.15) is 0 Å². The fraction of sp³-hybridized carbons (Fsp3) is 0.636. The molecule has 1 aliphatic heterocycles. The summed E-state index contributed by atoms with van der Waals surface area (Å²) >= 11 is 0. The van der Waals surface area contributed by atoms with Crippen molar-refractivity contribution in [1.82, 2.24) is 14.7 Å². The van der Waals surface area contributed by atoms with Crippen LogP contribution in [0, 0.1) is 5.92 Å². The summed E-state index contributed by atoms with van der Waals surface area (Å²) < 4.78 is 1.89. The maximum atomic E-state index is 10.7. The van der Waals surface area contributed by atoms with E-state index in [0.29, 0.717) is 13.1 Å². The molecule has 1 unspecified atom stereocenters. The smallest absolute Gasteiger partial charge is 0.309 e. The van der Waals surface area contributed by atoms with Crippen molar-refractivity contribution in [2.24, 2.45) is 5.92 Å². The molecule has 1 aliphatic rings. The molecule has 0 amide bonds. The molecule has 2 rings (SSSR count). The van der Waals surface area contributed by atoms with Crippen LogP contribution in [0.25, 0.3) is 0 Å². The summed E-state index contributed by atoms with van der Waals surface area (Å²) in [5.74, 6) is -0.878. The molecule has 88 valence electrons. The molecular formula is C11H17N3O2. The number of rotatable bonds is 4. The molecule has 0 aromatic carbocycles. The average molecular weight is 223 g/mol. The molecule has 0 spiro atoms. The first-order chi connectivity index (χ1) is 7.61. The molecular weight excluding hydrogens is 206 g/mol. The fourth-order valence-corrected chi connectivity index (χ4v) is 1.96. The highest BCUT2D eigenvalue weighted by molar-refractivity contribution is 5.71. The first kappa shape index (κ1) is 11.1. The van der Waals surface area contributed by atoms with Crippen molar-refractivity contribution < 1.29 is 9.90 Å². The number of carboxylic acids is 1. The van der Waals surface area contributed by atoms with Gasteiger partial charge in [-0.1, -0.05) is 0 Å². The highest BCUT2D eigenvalue weighted by Crippen LogP contribution is 2.28. The molecule has 5 nitrogen and oxygen atoms in total. The molecule has 1 atom stereocenters. The molecule has 1 aromatic rings. The number of aryl methyl sites for hydroxylation is 1. The van der Waals surface area contributed by atoms with E-state index < -0.39 is 5.97 Å². The van der Waals surface area contributed by atoms with Crippen LogP contribution in [0.1, 0.15) is 25.5 Å². The lowest BCUT2D eigenvalue weighted by atomic mass is 9.96. The summed E-state index contributed by atoms with van der Waals surface area (Å²) in [6, 6.07) is 0.260. The highest BCUT2D eigenvalue weighted by Gasteiger charge is 2.35. The minimum absolute atomic E-state index is 0.191. The van der Waals surface area contributed by atoms with Gasteiger partial charge in [-0.3, -0.25) is 14.4 Å². The number of hydrogen-bond acceptors (Lipinski definition) is 3. The lowest BCUT2D eigenvalue weighted by Crippen LogP contribution is -2.51. The molecule has 2 heterocycles. The van der Waals surface area contributed by atoms with Crippen LogP contribution in [0.2, 0.25) is 0 Å². The standard InChI is InChI=1S/C11H17N3O2/c1-3-14-7-9(4-12-14)8(2)13-5-10(6-13)11(15)16/h4,7-8,10H,3,5-6H2,1-2H3,(H,15,16). The number of carboxylic acid groups (broad SMARTS) is 1. The Balaban J connectivity index is 1.94. The van der Waals surface area contributed by atoms with Crippen molar-refractivity contribution in [2.45, 2.75) is 26.4 Å². The maximum Gasteiger partial charge on any atom is 0.309 e. The van der Waals surface area contributed by atoms with Gasteiger partial charge < -0.3 is 5.11 Å². The maximum absolute atomic E-state index is 10.7. The SMILES string of the molecule is CCn1cc(C(C)N2CC(C(=O)O)C2)cn1. The molecule has 0 saturated carbocycles. The first-order valence-corrected chi connectivity index (χ1v) is 5.61. The van der Waals surface area contributed by atoms with Gasteiger partial charge in [0.2, 0.25) is 0 Å². The molecule has 16 heavy (non-hydrogen) atoms. The normalized spacial score (nSPS) is 19.4. The monoisotopic (exact) mass is 223 g/mol. The number of likely N-dealkylation sites (tertiary alicyclic amines) is 1. The van der Waals surface area contributed by atoms with Gasteiger partial charge in [-0.15, -0.1) is 0 Å². The Morgan fingerprint density at radius 1 is 1.69 bits per heavy atom. The second kappa shape index (κ2) is 4.25. The predicted molar refractivity (Wildman–Crippen MR) is 59.0 cm³/mol. The number of nitrogens with zero attached hydrogens (tertiary/aromatic N) is 3. The summed E-state index contributed by atoms with van der Waals surface area (Å²) in [5, 5.41) is 13.0. The topological polar surface area (TPSA) is 58.4 Å². The van der Waals surface area contributed by atoms with Crippen molar-refractivity contribution in [3.05, 3.63) is 18.0 Å². The summed E-state index contributed by atoms with van der Waals surface area (Å²) in [6.45, 7) is 6.30. The number of hydrogen-bond donors (Lipinski definition) is 1. The van der Waals surface area contributed by atoms with Crippen molar-refractivity contribution in [2.75, 3.05) is 13.1 Å². The van der Waals surface area contributed by atoms with E-state index in [-0.39, 0.29) is 12.0 Å². The fourth-order valence-electron chi connectivity index (χ4n) is 1.96. The van der Waals surface area contributed by atoms with Crippen molar-refractivity contribution >= 4 is 5.97 Å². The van der Waals surface area contributed by atoms with Gasteiger partial charge >= 0.3 is 5.97 Å². The van der Waals surface area contributed by atoms with E-state index in [2.05, 4.69) is 16.9 Å². The van der Waals surface area contributed by atoms with Crippen molar-refractivity contribution in [1.29, 1.82) is 0 Å². The van der Waals surface area contributed by atoms with Gasteiger partial charge in [0.15, 0.2) is 0 Å². The van der Waals surface area contributed by atoms with E-state index in [4.69, 9.17) is 5.11 Å². The molecule has 0 bridgehead atoms. The van der Waals surface area contributed by atoms with Crippen LogP contribution in [-0.2, 0) is 11.3 Å². The Labute approximate surface area is 94.7 Å². The van der Waals surface area contributed by atoms with Crippen LogP contribution >= 0.6 is 0 Å². The Morgan fingerprint density at radius 3 is 2.88 bits per heavy atom. The van der Waals surface area contributed by atoms with E-state index in [1.54, 1.807) is 0 Å². The van der Waals surface area contributed by atoms with Crippen LogP contribution < -0.4 is 0 Å². The number of aromatic nitrogens is 2. The van der Waals surface area contributed by atoms with Crippen LogP contribution in [0.5, 0.6) is 0 Å². The van der Waals surface area contributed by atoms with Crippen LogP contribution in [0.15, 0.2) is 12.4 Å². The van der Waals surface area contributed by atoms with Crippen LogP contribution in [0.4, 0.5) is 0 Å². The third-order valence-corrected chi connectivity index (χ3v) is 3.27. The zero-order chi connectivity index (χ0) is 11.7. The lowest BCUT2D eigenvalue weighted by molar-refractivity contribution is -0.148. The Kier molecular flexibility index (Phi) is 2.96. The quantitative estimate of drug-likeness (QED) is 0.826. The molecule has 1 fully saturated rings. The largest absolute Gasteiger partial charge is 0.481 e. The van der Waals surface area contributed by atoms with Crippen LogP contribution in [-0.4, -0.2) is 38.8 Å². The molecule has 1 aromatic heterocycles. The summed E-state index contributed by atoms with van der Waals surface area (Å²) in [5.41, 5.74) is 1.16.